The molecule has 0 aromatic heterocycles. The fraction of sp³-hybridized carbons (Fsp3) is 0.500. The van der Waals surface area contributed by atoms with E-state index in [2.05, 4.69) is 10.3 Å². The smallest absolute Gasteiger partial charge is 0.247 e. The normalized spacial score (nSPS) is 25.7. The summed E-state index contributed by atoms with van der Waals surface area (Å²) in [5.41, 5.74) is 5.98. The number of benzene rings is 1. The largest absolute Gasteiger partial charge is 0.379 e. The lowest BCUT2D eigenvalue weighted by molar-refractivity contribution is -0.134. The number of nitrogens with zero attached hydrogens (tertiary/aromatic N) is 2. The van der Waals surface area contributed by atoms with E-state index < -0.39 is 11.6 Å². The predicted molar refractivity (Wildman–Crippen MR) is 101 cm³/mol. The van der Waals surface area contributed by atoms with Gasteiger partial charge in [0.15, 0.2) is 5.17 Å². The number of amides is 2. The highest BCUT2D eigenvalue weighted by Crippen LogP contribution is 2.37. The third kappa shape index (κ3) is 3.70. The molecule has 2 atom stereocenters. The number of aliphatic imine (C=N–C) groups is 1. The minimum absolute atomic E-state index is 0.112. The number of hydrogen-bond donors (Lipinski definition) is 2. The second-order valence-corrected chi connectivity index (χ2v) is 7.99. The number of anilines is 1. The SMILES string of the molecule is CC(=O)N1CCCC1C(=O)Nc1ccc(F)c(C2(C)CCSC(N)=N2)c1. The summed E-state index contributed by atoms with van der Waals surface area (Å²) >= 11 is 1.45. The van der Waals surface area contributed by atoms with Gasteiger partial charge in [0.1, 0.15) is 11.9 Å². The van der Waals surface area contributed by atoms with Crippen molar-refractivity contribution in [1.82, 2.24) is 4.90 Å². The molecule has 2 heterocycles. The van der Waals surface area contributed by atoms with Gasteiger partial charge in [-0.05, 0) is 44.4 Å². The number of likely N-dealkylation sites (tertiary alicyclic amines) is 1. The Morgan fingerprint density at radius 2 is 2.23 bits per heavy atom. The van der Waals surface area contributed by atoms with Crippen LogP contribution in [0, 0.1) is 5.82 Å². The van der Waals surface area contributed by atoms with Gasteiger partial charge in [0.25, 0.3) is 0 Å². The minimum atomic E-state index is -0.751. The van der Waals surface area contributed by atoms with E-state index in [0.29, 0.717) is 35.8 Å². The lowest BCUT2D eigenvalue weighted by Crippen LogP contribution is -2.42. The maximum absolute atomic E-state index is 14.5. The van der Waals surface area contributed by atoms with Gasteiger partial charge in [-0.2, -0.15) is 0 Å². The van der Waals surface area contributed by atoms with Crippen molar-refractivity contribution >= 4 is 34.4 Å². The number of nitrogens with two attached hydrogens (primary N) is 1. The Labute approximate surface area is 156 Å². The highest BCUT2D eigenvalue weighted by molar-refractivity contribution is 8.13. The van der Waals surface area contributed by atoms with Crippen LogP contribution in [0.3, 0.4) is 0 Å². The van der Waals surface area contributed by atoms with Crippen molar-refractivity contribution in [3.8, 4) is 0 Å². The summed E-state index contributed by atoms with van der Waals surface area (Å²) in [5, 5.41) is 3.26. The Kier molecular flexibility index (Phi) is 5.22. The van der Waals surface area contributed by atoms with Gasteiger partial charge in [-0.25, -0.2) is 4.39 Å². The van der Waals surface area contributed by atoms with Crippen LogP contribution in [0.1, 0.15) is 38.7 Å². The second-order valence-electron chi connectivity index (χ2n) is 6.88. The van der Waals surface area contributed by atoms with Crippen molar-refractivity contribution in [2.24, 2.45) is 10.7 Å². The number of rotatable bonds is 3. The van der Waals surface area contributed by atoms with Crippen molar-refractivity contribution in [2.75, 3.05) is 17.6 Å². The molecule has 0 spiro atoms. The van der Waals surface area contributed by atoms with E-state index in [4.69, 9.17) is 5.73 Å². The molecule has 8 heteroatoms. The molecule has 2 aliphatic rings. The molecule has 26 heavy (non-hydrogen) atoms. The Hall–Kier alpha value is -2.09. The van der Waals surface area contributed by atoms with Crippen LogP contribution in [-0.4, -0.2) is 40.2 Å². The minimum Gasteiger partial charge on any atom is -0.379 e. The summed E-state index contributed by atoms with van der Waals surface area (Å²) in [5.74, 6) is 0.0274. The lowest BCUT2D eigenvalue weighted by atomic mass is 9.89. The fourth-order valence-electron chi connectivity index (χ4n) is 3.54. The predicted octanol–water partition coefficient (Wildman–Crippen LogP) is 2.44. The molecular weight excluding hydrogens is 355 g/mol. The summed E-state index contributed by atoms with van der Waals surface area (Å²) in [6, 6.07) is 4.00. The Bertz CT molecular complexity index is 770. The maximum atomic E-state index is 14.5. The summed E-state index contributed by atoms with van der Waals surface area (Å²) in [6.07, 6.45) is 2.10. The Balaban J connectivity index is 1.83. The Morgan fingerprint density at radius 1 is 1.46 bits per heavy atom. The van der Waals surface area contributed by atoms with Gasteiger partial charge in [-0.1, -0.05) is 11.8 Å². The number of amidine groups is 1. The molecule has 1 aromatic carbocycles. The third-order valence-electron chi connectivity index (χ3n) is 4.97. The molecule has 0 aliphatic carbocycles. The van der Waals surface area contributed by atoms with Crippen molar-refractivity contribution in [2.45, 2.75) is 44.7 Å². The van der Waals surface area contributed by atoms with Crippen LogP contribution in [0.5, 0.6) is 0 Å². The summed E-state index contributed by atoms with van der Waals surface area (Å²) < 4.78 is 14.5. The number of nitrogens with one attached hydrogen (secondary N) is 1. The zero-order chi connectivity index (χ0) is 18.9. The van der Waals surface area contributed by atoms with Crippen LogP contribution >= 0.6 is 11.8 Å². The molecule has 140 valence electrons. The number of halogens is 1. The van der Waals surface area contributed by atoms with Crippen LogP contribution in [0.2, 0.25) is 0 Å². The molecule has 3 N–H and O–H groups in total. The van der Waals surface area contributed by atoms with Gasteiger partial charge >= 0.3 is 0 Å². The first kappa shape index (κ1) is 18.7. The van der Waals surface area contributed by atoms with Gasteiger partial charge in [-0.15, -0.1) is 0 Å². The highest BCUT2D eigenvalue weighted by Gasteiger charge is 2.34. The molecule has 0 radical (unpaired) electrons. The van der Waals surface area contributed by atoms with E-state index in [0.717, 1.165) is 12.2 Å². The monoisotopic (exact) mass is 378 g/mol. The summed E-state index contributed by atoms with van der Waals surface area (Å²) in [6.45, 7) is 3.90. The first-order chi connectivity index (χ1) is 12.3. The van der Waals surface area contributed by atoms with Crippen molar-refractivity contribution in [3.63, 3.8) is 0 Å². The zero-order valence-corrected chi connectivity index (χ0v) is 15.7. The van der Waals surface area contributed by atoms with Gasteiger partial charge in [0, 0.05) is 30.5 Å². The van der Waals surface area contributed by atoms with E-state index in [9.17, 15) is 14.0 Å². The van der Waals surface area contributed by atoms with Gasteiger partial charge in [0.2, 0.25) is 11.8 Å². The molecule has 2 aliphatic heterocycles. The fourth-order valence-corrected chi connectivity index (χ4v) is 4.51. The van der Waals surface area contributed by atoms with E-state index in [1.807, 2.05) is 6.92 Å². The van der Waals surface area contributed by atoms with Gasteiger partial charge < -0.3 is 16.0 Å². The molecule has 2 amide bonds. The molecule has 6 nitrogen and oxygen atoms in total. The van der Waals surface area contributed by atoms with E-state index in [1.165, 1.54) is 30.8 Å². The highest BCUT2D eigenvalue weighted by atomic mass is 32.2. The first-order valence-electron chi connectivity index (χ1n) is 8.66. The van der Waals surface area contributed by atoms with E-state index >= 15 is 0 Å². The van der Waals surface area contributed by atoms with Crippen molar-refractivity contribution in [1.29, 1.82) is 0 Å². The van der Waals surface area contributed by atoms with E-state index in [-0.39, 0.29) is 17.6 Å². The quantitative estimate of drug-likeness (QED) is 0.846. The van der Waals surface area contributed by atoms with Crippen LogP contribution < -0.4 is 11.1 Å². The standard InChI is InChI=1S/C18H23FN4O2S/c1-11(24)23-8-3-4-15(23)16(25)21-12-5-6-14(19)13(10-12)18(2)7-9-26-17(20)22-18/h5-6,10,15H,3-4,7-9H2,1-2H3,(H2,20,22)(H,21,25). The van der Waals surface area contributed by atoms with E-state index in [1.54, 1.807) is 11.0 Å². The topological polar surface area (TPSA) is 87.8 Å². The zero-order valence-electron chi connectivity index (χ0n) is 14.9. The average molecular weight is 378 g/mol. The summed E-state index contributed by atoms with van der Waals surface area (Å²) in [7, 11) is 0. The van der Waals surface area contributed by atoms with Crippen LogP contribution in [-0.2, 0) is 15.1 Å². The molecule has 2 unspecified atom stereocenters. The van der Waals surface area contributed by atoms with Gasteiger partial charge in [-0.3, -0.25) is 14.6 Å². The van der Waals surface area contributed by atoms with Crippen LogP contribution in [0.15, 0.2) is 23.2 Å². The molecular formula is C18H23FN4O2S. The number of thioether (sulfide) groups is 1. The molecule has 3 rings (SSSR count). The maximum Gasteiger partial charge on any atom is 0.247 e. The molecule has 0 bridgehead atoms. The summed E-state index contributed by atoms with van der Waals surface area (Å²) in [4.78, 5) is 30.2. The second kappa shape index (κ2) is 7.26. The third-order valence-corrected chi connectivity index (χ3v) is 5.77. The number of carbonyl (C=O) groups is 2. The lowest BCUT2D eigenvalue weighted by Gasteiger charge is -2.30. The molecule has 1 saturated heterocycles. The first-order valence-corrected chi connectivity index (χ1v) is 9.65. The molecule has 1 aromatic rings. The van der Waals surface area contributed by atoms with Gasteiger partial charge in [0.05, 0.1) is 5.54 Å². The average Bonchev–Trinajstić information content (AvgIpc) is 3.06. The van der Waals surface area contributed by atoms with Crippen molar-refractivity contribution in [3.05, 3.63) is 29.6 Å². The molecule has 0 saturated carbocycles. The number of carbonyl (C=O) groups excluding carboxylic acids is 2. The number of hydrogen-bond acceptors (Lipinski definition) is 5. The molecule has 1 fully saturated rings. The van der Waals surface area contributed by atoms with Crippen molar-refractivity contribution < 1.29 is 14.0 Å². The van der Waals surface area contributed by atoms with Crippen LogP contribution in [0.25, 0.3) is 0 Å². The Morgan fingerprint density at radius 3 is 2.92 bits per heavy atom. The van der Waals surface area contributed by atoms with Crippen LogP contribution in [0.4, 0.5) is 10.1 Å².